The molecule has 0 saturated heterocycles. The molecule has 1 rings (SSSR count). The Bertz CT molecular complexity index is 1210. The summed E-state index contributed by atoms with van der Waals surface area (Å²) in [5.74, 6) is -2.66. The number of carbonyl (C=O) groups is 6. The lowest BCUT2D eigenvalue weighted by molar-refractivity contribution is -0.133. The molecule has 52 heavy (non-hydrogen) atoms. The molecule has 1 aromatic carbocycles. The van der Waals surface area contributed by atoms with Gasteiger partial charge in [0.05, 0.1) is 12.6 Å². The molecule has 3 amide bonds. The average molecular weight is 746 g/mol. The largest absolute Gasteiger partial charge is 0.508 e. The van der Waals surface area contributed by atoms with Gasteiger partial charge in [0.1, 0.15) is 11.5 Å². The number of Topliss-reactive ketones (excluding diaryl/α,β-unsaturated/α-hetero) is 3. The minimum Gasteiger partial charge on any atom is -0.508 e. The Labute approximate surface area is 317 Å². The lowest BCUT2D eigenvalue weighted by Gasteiger charge is -2.22. The fraction of sp³-hybridized carbons (Fsp3) is 0.707. The van der Waals surface area contributed by atoms with Crippen LogP contribution in [0.5, 0.6) is 5.75 Å². The monoisotopic (exact) mass is 745 g/mol. The molecule has 3 atom stereocenters. The van der Waals surface area contributed by atoms with Gasteiger partial charge in [-0.05, 0) is 55.4 Å². The van der Waals surface area contributed by atoms with Crippen LogP contribution in [-0.4, -0.2) is 64.8 Å². The lowest BCUT2D eigenvalue weighted by Crippen LogP contribution is -2.45. The van der Waals surface area contributed by atoms with Gasteiger partial charge >= 0.3 is 0 Å². The molecule has 0 saturated carbocycles. The third-order valence-electron chi connectivity index (χ3n) is 9.53. The van der Waals surface area contributed by atoms with Gasteiger partial charge in [-0.3, -0.25) is 28.8 Å². The summed E-state index contributed by atoms with van der Waals surface area (Å²) in [5.41, 5.74) is 5.97. The number of phenolic OH excluding ortho intramolecular Hbond substituents is 1. The minimum absolute atomic E-state index is 0.0548. The second-order valence-electron chi connectivity index (χ2n) is 14.1. The van der Waals surface area contributed by atoms with E-state index in [1.165, 1.54) is 76.3 Å². The zero-order valence-electron chi connectivity index (χ0n) is 32.2. The predicted octanol–water partition coefficient (Wildman–Crippen LogP) is 7.17. The number of amides is 3. The van der Waals surface area contributed by atoms with Gasteiger partial charge in [-0.2, -0.15) is 11.8 Å². The molecule has 1 aromatic rings. The summed E-state index contributed by atoms with van der Waals surface area (Å²) in [6.07, 6.45) is 19.2. The summed E-state index contributed by atoms with van der Waals surface area (Å²) >= 11 is 1.60. The molecule has 0 radical (unpaired) electrons. The summed E-state index contributed by atoms with van der Waals surface area (Å²) in [4.78, 5) is 76.6. The van der Waals surface area contributed by atoms with Crippen LogP contribution in [0.15, 0.2) is 24.3 Å². The van der Waals surface area contributed by atoms with Crippen LogP contribution in [0.2, 0.25) is 0 Å². The molecule has 10 nitrogen and oxygen atoms in total. The van der Waals surface area contributed by atoms with E-state index < -0.39 is 29.7 Å². The number of primary amides is 1. The Kier molecular flexibility index (Phi) is 26.3. The number of thioether (sulfide) groups is 1. The molecular formula is C41H67N3O7S. The van der Waals surface area contributed by atoms with E-state index in [4.69, 9.17) is 5.73 Å². The van der Waals surface area contributed by atoms with Gasteiger partial charge in [0.2, 0.25) is 17.7 Å². The van der Waals surface area contributed by atoms with E-state index in [0.717, 1.165) is 19.3 Å². The number of nitrogens with two attached hydrogens (primary N) is 1. The molecule has 0 fully saturated rings. The first kappa shape index (κ1) is 46.8. The summed E-state index contributed by atoms with van der Waals surface area (Å²) in [6.45, 7) is 3.61. The highest BCUT2D eigenvalue weighted by atomic mass is 32.2. The maximum absolute atomic E-state index is 13.4. The molecule has 294 valence electrons. The third-order valence-corrected chi connectivity index (χ3v) is 10.2. The van der Waals surface area contributed by atoms with Crippen molar-refractivity contribution in [3.8, 4) is 5.75 Å². The standard InChI is InChI=1S/C41H67N3O7S/c1-4-6-7-8-9-10-11-12-13-14-15-16-17-18-35(46)28-32(25-26-52-3)40(50)43-30-36(47)29-33(27-31-19-21-34(45)22-20-31)41(51)44-37(38(48)5-2)23-24-39(42)49/h19-22,32-33,37,45H,4-18,23-30H2,1-3H3,(H2,42,49)(H,43,50)(H,44,51)/t32-,33-,37+/m1/s1. The zero-order valence-corrected chi connectivity index (χ0v) is 33.0. The normalized spacial score (nSPS) is 12.8. The van der Waals surface area contributed by atoms with E-state index >= 15 is 0 Å². The highest BCUT2D eigenvalue weighted by molar-refractivity contribution is 7.98. The van der Waals surface area contributed by atoms with Crippen LogP contribution in [0.1, 0.15) is 148 Å². The van der Waals surface area contributed by atoms with Crippen LogP contribution in [-0.2, 0) is 35.2 Å². The first-order valence-electron chi connectivity index (χ1n) is 19.7. The molecule has 11 heteroatoms. The second-order valence-corrected chi connectivity index (χ2v) is 15.1. The maximum Gasteiger partial charge on any atom is 0.224 e. The number of phenols is 1. The predicted molar refractivity (Wildman–Crippen MR) is 210 cm³/mol. The average Bonchev–Trinajstić information content (AvgIpc) is 3.12. The number of unbranched alkanes of at least 4 members (excludes halogenated alkanes) is 12. The van der Waals surface area contributed by atoms with E-state index in [9.17, 15) is 33.9 Å². The Balaban J connectivity index is 2.65. The Morgan fingerprint density at radius 1 is 0.712 bits per heavy atom. The second kappa shape index (κ2) is 29.3. The van der Waals surface area contributed by atoms with Gasteiger partial charge in [-0.15, -0.1) is 0 Å². The highest BCUT2D eigenvalue weighted by Crippen LogP contribution is 2.19. The van der Waals surface area contributed by atoms with Gasteiger partial charge < -0.3 is 21.5 Å². The van der Waals surface area contributed by atoms with Crippen LogP contribution < -0.4 is 16.4 Å². The minimum atomic E-state index is -0.920. The van der Waals surface area contributed by atoms with Crippen molar-refractivity contribution in [2.45, 2.75) is 155 Å². The van der Waals surface area contributed by atoms with E-state index in [1.54, 1.807) is 30.8 Å². The van der Waals surface area contributed by atoms with E-state index in [0.29, 0.717) is 24.2 Å². The maximum atomic E-state index is 13.4. The summed E-state index contributed by atoms with van der Waals surface area (Å²) in [7, 11) is 0. The number of carbonyl (C=O) groups excluding carboxylic acids is 6. The van der Waals surface area contributed by atoms with Crippen molar-refractivity contribution >= 4 is 46.8 Å². The van der Waals surface area contributed by atoms with Gasteiger partial charge in [-0.25, -0.2) is 0 Å². The van der Waals surface area contributed by atoms with Crippen LogP contribution in [0.4, 0.5) is 0 Å². The SMILES string of the molecule is CCCCCCCCCCCCCCCC(=O)C[C@@H](CCSC)C(=O)NCC(=O)C[C@@H](Cc1ccc(O)cc1)C(=O)N[C@@H](CCC(N)=O)C(=O)CC. The van der Waals surface area contributed by atoms with Crippen molar-refractivity contribution in [1.82, 2.24) is 10.6 Å². The molecular weight excluding hydrogens is 679 g/mol. The number of benzene rings is 1. The lowest BCUT2D eigenvalue weighted by atomic mass is 9.92. The van der Waals surface area contributed by atoms with Crippen molar-refractivity contribution in [3.05, 3.63) is 29.8 Å². The number of nitrogens with one attached hydrogen (secondary N) is 2. The van der Waals surface area contributed by atoms with Crippen molar-refractivity contribution < 1.29 is 33.9 Å². The molecule has 0 unspecified atom stereocenters. The highest BCUT2D eigenvalue weighted by Gasteiger charge is 2.28. The smallest absolute Gasteiger partial charge is 0.224 e. The molecule has 0 bridgehead atoms. The molecule has 0 heterocycles. The topological polar surface area (TPSA) is 173 Å². The first-order chi connectivity index (χ1) is 25.0. The van der Waals surface area contributed by atoms with Gasteiger partial charge in [0.25, 0.3) is 0 Å². The van der Waals surface area contributed by atoms with Gasteiger partial charge in [0, 0.05) is 43.9 Å². The number of aromatic hydroxyl groups is 1. The fourth-order valence-corrected chi connectivity index (χ4v) is 6.81. The first-order valence-corrected chi connectivity index (χ1v) is 21.1. The molecule has 5 N–H and O–H groups in total. The van der Waals surface area contributed by atoms with E-state index in [1.807, 2.05) is 6.26 Å². The van der Waals surface area contributed by atoms with Crippen LogP contribution in [0.3, 0.4) is 0 Å². The van der Waals surface area contributed by atoms with Crippen LogP contribution in [0.25, 0.3) is 0 Å². The third kappa shape index (κ3) is 22.7. The van der Waals surface area contributed by atoms with Crippen LogP contribution in [0, 0.1) is 11.8 Å². The molecule has 0 aliphatic heterocycles. The van der Waals surface area contributed by atoms with E-state index in [-0.39, 0.29) is 74.1 Å². The summed E-state index contributed by atoms with van der Waals surface area (Å²) in [5, 5.41) is 15.1. The Hall–Kier alpha value is -3.21. The van der Waals surface area contributed by atoms with Crippen molar-refractivity contribution in [2.75, 3.05) is 18.6 Å². The molecule has 0 spiro atoms. The number of ketones is 3. The van der Waals surface area contributed by atoms with E-state index in [2.05, 4.69) is 17.6 Å². The molecule has 0 aromatic heterocycles. The summed E-state index contributed by atoms with van der Waals surface area (Å²) in [6, 6.07) is 5.34. The Morgan fingerprint density at radius 3 is 1.81 bits per heavy atom. The van der Waals surface area contributed by atoms with Crippen molar-refractivity contribution in [2.24, 2.45) is 17.6 Å². The van der Waals surface area contributed by atoms with Crippen molar-refractivity contribution in [3.63, 3.8) is 0 Å². The van der Waals surface area contributed by atoms with Crippen LogP contribution >= 0.6 is 11.8 Å². The quantitative estimate of drug-likeness (QED) is 0.0549. The summed E-state index contributed by atoms with van der Waals surface area (Å²) < 4.78 is 0. The van der Waals surface area contributed by atoms with Gasteiger partial charge in [0.15, 0.2) is 11.6 Å². The number of hydrogen-bond donors (Lipinski definition) is 4. The van der Waals surface area contributed by atoms with Gasteiger partial charge in [-0.1, -0.05) is 103 Å². The number of hydrogen-bond acceptors (Lipinski definition) is 8. The van der Waals surface area contributed by atoms with Crippen molar-refractivity contribution in [1.29, 1.82) is 0 Å². The Morgan fingerprint density at radius 2 is 1.27 bits per heavy atom. The fourth-order valence-electron chi connectivity index (χ4n) is 6.29. The number of rotatable bonds is 33. The zero-order chi connectivity index (χ0) is 38.6. The molecule has 0 aliphatic carbocycles. The molecule has 0 aliphatic rings.